The average Bonchev–Trinajstić information content (AvgIpc) is 2.78. The third-order valence-corrected chi connectivity index (χ3v) is 4.55. The molecular weight excluding hydrogens is 341 g/mol. The number of pyridine rings is 1. The maximum absolute atomic E-state index is 12.0. The van der Waals surface area contributed by atoms with Gasteiger partial charge in [0.2, 0.25) is 11.0 Å². The molecule has 0 aromatic carbocycles. The number of nitrogens with two attached hydrogens (primary N) is 1. The van der Waals surface area contributed by atoms with Crippen molar-refractivity contribution in [3.05, 3.63) is 22.3 Å². The summed E-state index contributed by atoms with van der Waals surface area (Å²) in [5, 5.41) is 10.8. The van der Waals surface area contributed by atoms with Gasteiger partial charge in [-0.25, -0.2) is 4.98 Å². The number of nitrogen functional groups attached to an aromatic ring is 1. The number of aromatic nitrogens is 3. The van der Waals surface area contributed by atoms with Gasteiger partial charge in [-0.05, 0) is 13.0 Å². The summed E-state index contributed by atoms with van der Waals surface area (Å²) in [5.41, 5.74) is 5.48. The Hall–Kier alpha value is -1.09. The van der Waals surface area contributed by atoms with E-state index in [1.54, 1.807) is 6.92 Å². The Labute approximate surface area is 133 Å². The molecule has 1 atom stereocenters. The number of nitrogens with one attached hydrogen (secondary N) is 1. The van der Waals surface area contributed by atoms with Crippen molar-refractivity contribution >= 4 is 63.2 Å². The van der Waals surface area contributed by atoms with Gasteiger partial charge in [0.05, 0.1) is 15.3 Å². The number of anilines is 2. The summed E-state index contributed by atoms with van der Waals surface area (Å²) in [4.78, 5) is 16.0. The first kappa shape index (κ1) is 15.3. The molecule has 0 aliphatic carbocycles. The Morgan fingerprint density at radius 1 is 1.50 bits per heavy atom. The molecule has 0 aliphatic rings. The van der Waals surface area contributed by atoms with Crippen molar-refractivity contribution in [3.8, 4) is 0 Å². The van der Waals surface area contributed by atoms with Gasteiger partial charge >= 0.3 is 0 Å². The second-order valence-corrected chi connectivity index (χ2v) is 7.08. The third kappa shape index (κ3) is 3.95. The van der Waals surface area contributed by atoms with Crippen molar-refractivity contribution in [3.63, 3.8) is 0 Å². The molecule has 6 nitrogen and oxygen atoms in total. The second-order valence-electron chi connectivity index (χ2n) is 3.64. The monoisotopic (exact) mass is 349 g/mol. The molecule has 0 saturated heterocycles. The molecular formula is C10H9Cl2N5OS2. The standard InChI is InChI=1S/C10H9Cl2N5OS2/c1-4(19-10-17-16-9(13)20-10)8(18)15-7-6(12)2-5(11)3-14-7/h2-4H,1H3,(H2,13,16)(H,14,15,18)/t4-/m0/s1. The molecule has 0 spiro atoms. The molecule has 2 heterocycles. The molecule has 0 bridgehead atoms. The molecule has 20 heavy (non-hydrogen) atoms. The first-order chi connectivity index (χ1) is 9.45. The Balaban J connectivity index is 2.00. The van der Waals surface area contributed by atoms with E-state index in [0.717, 1.165) is 0 Å². The van der Waals surface area contributed by atoms with Crippen LogP contribution in [0.25, 0.3) is 0 Å². The molecule has 0 saturated carbocycles. The van der Waals surface area contributed by atoms with E-state index in [1.165, 1.54) is 35.4 Å². The number of hydrogen-bond acceptors (Lipinski definition) is 7. The van der Waals surface area contributed by atoms with Gasteiger partial charge in [0, 0.05) is 6.20 Å². The van der Waals surface area contributed by atoms with Crippen LogP contribution < -0.4 is 11.1 Å². The first-order valence-corrected chi connectivity index (χ1v) is 7.78. The van der Waals surface area contributed by atoms with Crippen molar-refractivity contribution in [2.45, 2.75) is 16.5 Å². The minimum atomic E-state index is -0.393. The van der Waals surface area contributed by atoms with Crippen LogP contribution in [0.1, 0.15) is 6.92 Å². The van der Waals surface area contributed by atoms with Crippen molar-refractivity contribution in [1.82, 2.24) is 15.2 Å². The van der Waals surface area contributed by atoms with Crippen LogP contribution in [-0.4, -0.2) is 26.3 Å². The quantitative estimate of drug-likeness (QED) is 0.824. The van der Waals surface area contributed by atoms with Crippen LogP contribution in [0.15, 0.2) is 16.6 Å². The third-order valence-electron chi connectivity index (χ3n) is 2.12. The highest BCUT2D eigenvalue weighted by Crippen LogP contribution is 2.29. The normalized spacial score (nSPS) is 12.2. The molecule has 1 amide bonds. The van der Waals surface area contributed by atoms with E-state index in [4.69, 9.17) is 28.9 Å². The average molecular weight is 350 g/mol. The highest BCUT2D eigenvalue weighted by atomic mass is 35.5. The summed E-state index contributed by atoms with van der Waals surface area (Å²) in [6.45, 7) is 1.74. The minimum absolute atomic E-state index is 0.250. The predicted octanol–water partition coefficient (Wildman–Crippen LogP) is 2.94. The number of thioether (sulfide) groups is 1. The molecule has 2 aromatic heterocycles. The van der Waals surface area contributed by atoms with E-state index >= 15 is 0 Å². The van der Waals surface area contributed by atoms with Gasteiger partial charge < -0.3 is 11.1 Å². The molecule has 0 fully saturated rings. The number of amides is 1. The summed E-state index contributed by atoms with van der Waals surface area (Å²) in [6, 6.07) is 1.51. The van der Waals surface area contributed by atoms with Crippen molar-refractivity contribution in [1.29, 1.82) is 0 Å². The van der Waals surface area contributed by atoms with E-state index in [2.05, 4.69) is 20.5 Å². The zero-order chi connectivity index (χ0) is 14.7. The molecule has 106 valence electrons. The summed E-state index contributed by atoms with van der Waals surface area (Å²) < 4.78 is 0.625. The number of carbonyl (C=O) groups is 1. The lowest BCUT2D eigenvalue weighted by Crippen LogP contribution is -2.23. The SMILES string of the molecule is C[C@H](Sc1nnc(N)s1)C(=O)Nc1ncc(Cl)cc1Cl. The van der Waals surface area contributed by atoms with Gasteiger partial charge in [-0.2, -0.15) is 0 Å². The van der Waals surface area contributed by atoms with Crippen LogP contribution in [0, 0.1) is 0 Å². The van der Waals surface area contributed by atoms with Crippen molar-refractivity contribution in [2.75, 3.05) is 11.1 Å². The van der Waals surface area contributed by atoms with Crippen LogP contribution in [-0.2, 0) is 4.79 Å². The topological polar surface area (TPSA) is 93.8 Å². The van der Waals surface area contributed by atoms with Gasteiger partial charge in [0.25, 0.3) is 0 Å². The zero-order valence-electron chi connectivity index (χ0n) is 10.1. The van der Waals surface area contributed by atoms with E-state index in [-0.39, 0.29) is 16.7 Å². The van der Waals surface area contributed by atoms with Crippen LogP contribution in [0.2, 0.25) is 10.0 Å². The van der Waals surface area contributed by atoms with Gasteiger partial charge in [-0.3, -0.25) is 4.79 Å². The smallest absolute Gasteiger partial charge is 0.238 e. The van der Waals surface area contributed by atoms with Gasteiger partial charge in [0.15, 0.2) is 10.2 Å². The van der Waals surface area contributed by atoms with Gasteiger partial charge in [0.1, 0.15) is 0 Å². The predicted molar refractivity (Wildman–Crippen MR) is 82.5 cm³/mol. The highest BCUT2D eigenvalue weighted by Gasteiger charge is 2.18. The summed E-state index contributed by atoms with van der Waals surface area (Å²) in [5.74, 6) is 0.0192. The molecule has 2 aromatic rings. The lowest BCUT2D eigenvalue weighted by atomic mass is 10.4. The van der Waals surface area contributed by atoms with Crippen molar-refractivity contribution in [2.24, 2.45) is 0 Å². The number of hydrogen-bond donors (Lipinski definition) is 2. The second kappa shape index (κ2) is 6.57. The van der Waals surface area contributed by atoms with Gasteiger partial charge in [-0.1, -0.05) is 46.3 Å². The summed E-state index contributed by atoms with van der Waals surface area (Å²) in [7, 11) is 0. The number of nitrogens with zero attached hydrogens (tertiary/aromatic N) is 3. The lowest BCUT2D eigenvalue weighted by molar-refractivity contribution is -0.115. The van der Waals surface area contributed by atoms with E-state index < -0.39 is 5.25 Å². The fourth-order valence-corrected chi connectivity index (χ4v) is 3.41. The molecule has 0 unspecified atom stereocenters. The van der Waals surface area contributed by atoms with Crippen LogP contribution >= 0.6 is 46.3 Å². The van der Waals surface area contributed by atoms with Gasteiger partial charge in [-0.15, -0.1) is 10.2 Å². The number of halogens is 2. The number of carbonyl (C=O) groups excluding carboxylic acids is 1. The van der Waals surface area contributed by atoms with E-state index in [1.807, 2.05) is 0 Å². The van der Waals surface area contributed by atoms with Crippen LogP contribution in [0.5, 0.6) is 0 Å². The molecule has 0 radical (unpaired) electrons. The van der Waals surface area contributed by atoms with Crippen LogP contribution in [0.4, 0.5) is 10.9 Å². The Morgan fingerprint density at radius 3 is 2.85 bits per heavy atom. The number of rotatable bonds is 4. The maximum Gasteiger partial charge on any atom is 0.238 e. The first-order valence-electron chi connectivity index (χ1n) is 5.33. The molecule has 0 aliphatic heterocycles. The van der Waals surface area contributed by atoms with Crippen LogP contribution in [0.3, 0.4) is 0 Å². The molecule has 2 rings (SSSR count). The Bertz CT molecular complexity index is 636. The molecule has 10 heteroatoms. The van der Waals surface area contributed by atoms with E-state index in [9.17, 15) is 4.79 Å². The lowest BCUT2D eigenvalue weighted by Gasteiger charge is -2.10. The largest absolute Gasteiger partial charge is 0.374 e. The zero-order valence-corrected chi connectivity index (χ0v) is 13.3. The highest BCUT2D eigenvalue weighted by molar-refractivity contribution is 8.02. The summed E-state index contributed by atoms with van der Waals surface area (Å²) in [6.07, 6.45) is 1.41. The Morgan fingerprint density at radius 2 is 2.25 bits per heavy atom. The minimum Gasteiger partial charge on any atom is -0.374 e. The maximum atomic E-state index is 12.0. The summed E-state index contributed by atoms with van der Waals surface area (Å²) >= 11 is 14.2. The fourth-order valence-electron chi connectivity index (χ4n) is 1.20. The Kier molecular flexibility index (Phi) is 5.03. The van der Waals surface area contributed by atoms with E-state index in [0.29, 0.717) is 14.5 Å². The van der Waals surface area contributed by atoms with Crippen molar-refractivity contribution < 1.29 is 4.79 Å². The fraction of sp³-hybridized carbons (Fsp3) is 0.200. The molecule has 3 N–H and O–H groups in total.